The van der Waals surface area contributed by atoms with E-state index in [1.165, 1.54) is 25.4 Å². The van der Waals surface area contributed by atoms with E-state index in [1.54, 1.807) is 0 Å². The molecule has 0 saturated carbocycles. The number of amides is 2. The second-order valence-corrected chi connectivity index (χ2v) is 3.84. The van der Waals surface area contributed by atoms with Gasteiger partial charge in [-0.05, 0) is 6.07 Å². The predicted molar refractivity (Wildman–Crippen MR) is 68.4 cm³/mol. The van der Waals surface area contributed by atoms with Gasteiger partial charge in [-0.25, -0.2) is 4.79 Å². The van der Waals surface area contributed by atoms with E-state index < -0.39 is 5.97 Å². The van der Waals surface area contributed by atoms with Crippen LogP contribution in [0.1, 0.15) is 17.3 Å². The molecular weight excluding hydrogens is 266 g/mol. The molecule has 0 aliphatic heterocycles. The molecule has 108 valence electrons. The van der Waals surface area contributed by atoms with Crippen molar-refractivity contribution in [3.63, 3.8) is 0 Å². The minimum atomic E-state index is -1.12. The van der Waals surface area contributed by atoms with E-state index >= 15 is 0 Å². The normalized spacial score (nSPS) is 9.65. The van der Waals surface area contributed by atoms with E-state index in [0.717, 1.165) is 0 Å². The van der Waals surface area contributed by atoms with Crippen molar-refractivity contribution in [3.05, 3.63) is 24.0 Å². The molecule has 2 amide bonds. The van der Waals surface area contributed by atoms with E-state index in [2.05, 4.69) is 15.6 Å². The van der Waals surface area contributed by atoms with Gasteiger partial charge >= 0.3 is 5.97 Å². The lowest BCUT2D eigenvalue weighted by Gasteiger charge is -2.07. The quantitative estimate of drug-likeness (QED) is 0.575. The highest BCUT2D eigenvalue weighted by Gasteiger charge is 2.06. The maximum Gasteiger partial charge on any atom is 0.337 e. The number of carbonyl (C=O) groups excluding carboxylic acids is 2. The summed E-state index contributed by atoms with van der Waals surface area (Å²) in [4.78, 5) is 36.4. The average molecular weight is 281 g/mol. The van der Waals surface area contributed by atoms with Crippen LogP contribution in [0.25, 0.3) is 0 Å². The molecular formula is C12H15N3O5. The van der Waals surface area contributed by atoms with Gasteiger partial charge in [0.2, 0.25) is 5.91 Å². The van der Waals surface area contributed by atoms with E-state index in [0.29, 0.717) is 6.54 Å². The first-order chi connectivity index (χ1) is 9.49. The van der Waals surface area contributed by atoms with Crippen molar-refractivity contribution in [3.8, 4) is 5.75 Å². The molecule has 1 aromatic rings. The number of carboxylic acid groups (broad SMARTS) is 1. The SMILES string of the molecule is CC(=O)NCCNC(=O)COc1cncc(C(=O)O)c1. The van der Waals surface area contributed by atoms with Gasteiger partial charge in [0.1, 0.15) is 5.75 Å². The predicted octanol–water partition coefficient (Wildman–Crippen LogP) is -0.589. The first-order valence-electron chi connectivity index (χ1n) is 5.81. The number of ether oxygens (including phenoxy) is 1. The minimum absolute atomic E-state index is 0.0198. The maximum absolute atomic E-state index is 11.4. The zero-order valence-electron chi connectivity index (χ0n) is 10.9. The van der Waals surface area contributed by atoms with Gasteiger partial charge in [0.05, 0.1) is 11.8 Å². The van der Waals surface area contributed by atoms with Crippen LogP contribution in [0.2, 0.25) is 0 Å². The lowest BCUT2D eigenvalue weighted by atomic mass is 10.3. The number of hydrogen-bond acceptors (Lipinski definition) is 5. The molecule has 0 radical (unpaired) electrons. The van der Waals surface area contributed by atoms with Crippen molar-refractivity contribution in [2.75, 3.05) is 19.7 Å². The van der Waals surface area contributed by atoms with Gasteiger partial charge in [-0.2, -0.15) is 0 Å². The fourth-order valence-electron chi connectivity index (χ4n) is 1.26. The number of rotatable bonds is 7. The summed E-state index contributed by atoms with van der Waals surface area (Å²) < 4.78 is 5.11. The first-order valence-corrected chi connectivity index (χ1v) is 5.81. The number of pyridine rings is 1. The Morgan fingerprint density at radius 3 is 2.60 bits per heavy atom. The lowest BCUT2D eigenvalue weighted by Crippen LogP contribution is -2.36. The molecule has 0 atom stereocenters. The number of aromatic carboxylic acids is 1. The van der Waals surface area contributed by atoms with Crippen molar-refractivity contribution < 1.29 is 24.2 Å². The summed E-state index contributed by atoms with van der Waals surface area (Å²) in [5.74, 6) is -1.48. The summed E-state index contributed by atoms with van der Waals surface area (Å²) >= 11 is 0. The van der Waals surface area contributed by atoms with Crippen LogP contribution >= 0.6 is 0 Å². The highest BCUT2D eigenvalue weighted by molar-refractivity contribution is 5.87. The van der Waals surface area contributed by atoms with E-state index in [-0.39, 0.29) is 36.3 Å². The Bertz CT molecular complexity index is 504. The van der Waals surface area contributed by atoms with Gasteiger partial charge in [0.15, 0.2) is 6.61 Å². The number of carbonyl (C=O) groups is 3. The number of aromatic nitrogens is 1. The average Bonchev–Trinajstić information content (AvgIpc) is 2.41. The van der Waals surface area contributed by atoms with Crippen LogP contribution in [-0.2, 0) is 9.59 Å². The fourth-order valence-corrected chi connectivity index (χ4v) is 1.26. The molecule has 0 saturated heterocycles. The van der Waals surface area contributed by atoms with Gasteiger partial charge in [-0.3, -0.25) is 14.6 Å². The third-order valence-corrected chi connectivity index (χ3v) is 2.15. The van der Waals surface area contributed by atoms with Crippen molar-refractivity contribution in [1.82, 2.24) is 15.6 Å². The topological polar surface area (TPSA) is 118 Å². The van der Waals surface area contributed by atoms with E-state index in [4.69, 9.17) is 9.84 Å². The molecule has 0 aliphatic rings. The minimum Gasteiger partial charge on any atom is -0.482 e. The van der Waals surface area contributed by atoms with Crippen LogP contribution in [0.4, 0.5) is 0 Å². The molecule has 3 N–H and O–H groups in total. The highest BCUT2D eigenvalue weighted by atomic mass is 16.5. The highest BCUT2D eigenvalue weighted by Crippen LogP contribution is 2.10. The molecule has 8 nitrogen and oxygen atoms in total. The van der Waals surface area contributed by atoms with Gasteiger partial charge in [0, 0.05) is 26.2 Å². The maximum atomic E-state index is 11.4. The number of carboxylic acids is 1. The number of hydrogen-bond donors (Lipinski definition) is 3. The summed E-state index contributed by atoms with van der Waals surface area (Å²) in [7, 11) is 0. The molecule has 0 unspecified atom stereocenters. The second-order valence-electron chi connectivity index (χ2n) is 3.84. The smallest absolute Gasteiger partial charge is 0.337 e. The summed E-state index contributed by atoms with van der Waals surface area (Å²) in [6.07, 6.45) is 2.50. The Morgan fingerprint density at radius 2 is 1.95 bits per heavy atom. The molecule has 20 heavy (non-hydrogen) atoms. The zero-order valence-corrected chi connectivity index (χ0v) is 10.9. The summed E-state index contributed by atoms with van der Waals surface area (Å²) in [5.41, 5.74) is -0.0198. The third-order valence-electron chi connectivity index (χ3n) is 2.15. The largest absolute Gasteiger partial charge is 0.482 e. The van der Waals surface area contributed by atoms with Crippen LogP contribution in [-0.4, -0.2) is 47.6 Å². The summed E-state index contributed by atoms with van der Waals surface area (Å²) in [6.45, 7) is 1.74. The van der Waals surface area contributed by atoms with Crippen LogP contribution in [0.5, 0.6) is 5.75 Å². The van der Waals surface area contributed by atoms with Crippen LogP contribution in [0.3, 0.4) is 0 Å². The first kappa shape index (κ1) is 15.4. The Balaban J connectivity index is 2.32. The Kier molecular flexibility index (Phi) is 5.95. The molecule has 8 heteroatoms. The van der Waals surface area contributed by atoms with Crippen LogP contribution in [0, 0.1) is 0 Å². The van der Waals surface area contributed by atoms with Gasteiger partial charge in [0.25, 0.3) is 5.91 Å². The lowest BCUT2D eigenvalue weighted by molar-refractivity contribution is -0.123. The van der Waals surface area contributed by atoms with Crippen molar-refractivity contribution in [2.24, 2.45) is 0 Å². The molecule has 0 fully saturated rings. The van der Waals surface area contributed by atoms with Crippen molar-refractivity contribution in [2.45, 2.75) is 6.92 Å². The molecule has 0 spiro atoms. The Hall–Kier alpha value is -2.64. The van der Waals surface area contributed by atoms with Gasteiger partial charge < -0.3 is 20.5 Å². The molecule has 0 bridgehead atoms. The van der Waals surface area contributed by atoms with Crippen LogP contribution in [0.15, 0.2) is 18.5 Å². The van der Waals surface area contributed by atoms with Gasteiger partial charge in [-0.15, -0.1) is 0 Å². The Labute approximate surface area is 115 Å². The van der Waals surface area contributed by atoms with E-state index in [9.17, 15) is 14.4 Å². The molecule has 1 rings (SSSR count). The molecule has 1 heterocycles. The van der Waals surface area contributed by atoms with Crippen molar-refractivity contribution >= 4 is 17.8 Å². The van der Waals surface area contributed by atoms with Crippen LogP contribution < -0.4 is 15.4 Å². The summed E-state index contributed by atoms with van der Waals surface area (Å²) in [6, 6.07) is 1.28. The molecule has 0 aliphatic carbocycles. The third kappa shape index (κ3) is 5.80. The standard InChI is InChI=1S/C12H15N3O5/c1-8(16)14-2-3-15-11(17)7-20-10-4-9(12(18)19)5-13-6-10/h4-6H,2-3,7H2,1H3,(H,14,16)(H,15,17)(H,18,19). The van der Waals surface area contributed by atoms with Gasteiger partial charge in [-0.1, -0.05) is 0 Å². The van der Waals surface area contributed by atoms with Crippen molar-refractivity contribution in [1.29, 1.82) is 0 Å². The number of nitrogens with zero attached hydrogens (tertiary/aromatic N) is 1. The van der Waals surface area contributed by atoms with E-state index in [1.807, 2.05) is 0 Å². The monoisotopic (exact) mass is 281 g/mol. The number of nitrogens with one attached hydrogen (secondary N) is 2. The summed E-state index contributed by atoms with van der Waals surface area (Å²) in [5, 5.41) is 13.8. The second kappa shape index (κ2) is 7.72. The Morgan fingerprint density at radius 1 is 1.25 bits per heavy atom. The molecule has 0 aromatic carbocycles. The fraction of sp³-hybridized carbons (Fsp3) is 0.333. The molecule has 1 aromatic heterocycles. The zero-order chi connectivity index (χ0) is 15.0.